The maximum absolute atomic E-state index is 13.3. The molecule has 3 aromatic carbocycles. The van der Waals surface area contributed by atoms with Gasteiger partial charge in [0.1, 0.15) is 17.2 Å². The molecule has 0 saturated carbocycles. The molecule has 0 aliphatic carbocycles. The Morgan fingerprint density at radius 2 is 1.55 bits per heavy atom. The first-order chi connectivity index (χ1) is 15.9. The first-order valence-corrected chi connectivity index (χ1v) is 11.1. The Bertz CT molecular complexity index is 1410. The van der Waals surface area contributed by atoms with E-state index < -0.39 is 14.8 Å². The second-order valence-electron chi connectivity index (χ2n) is 6.81. The fourth-order valence-electron chi connectivity index (χ4n) is 3.34. The Hall–Kier alpha value is -4.25. The monoisotopic (exact) mass is 466 g/mol. The van der Waals surface area contributed by atoms with Crippen LogP contribution in [0.25, 0.3) is 16.9 Å². The van der Waals surface area contributed by atoms with Gasteiger partial charge in [0, 0.05) is 17.7 Å². The number of aromatic nitrogens is 3. The zero-order valence-electron chi connectivity index (χ0n) is 17.6. The van der Waals surface area contributed by atoms with Gasteiger partial charge in [-0.25, -0.2) is 13.1 Å². The van der Waals surface area contributed by atoms with Crippen molar-refractivity contribution in [2.45, 2.75) is 9.79 Å². The van der Waals surface area contributed by atoms with Crippen LogP contribution in [0.1, 0.15) is 0 Å². The van der Waals surface area contributed by atoms with E-state index in [-0.39, 0.29) is 15.5 Å². The van der Waals surface area contributed by atoms with Crippen LogP contribution in [0, 0.1) is 10.1 Å². The normalized spacial score (nSPS) is 11.2. The van der Waals surface area contributed by atoms with E-state index >= 15 is 0 Å². The van der Waals surface area contributed by atoms with Crippen LogP contribution in [0.15, 0.2) is 82.7 Å². The lowest BCUT2D eigenvalue weighted by atomic mass is 10.2. The molecule has 0 atom stereocenters. The number of para-hydroxylation sites is 1. The summed E-state index contributed by atoms with van der Waals surface area (Å²) in [6.45, 7) is 0. The zero-order chi connectivity index (χ0) is 23.6. The third-order valence-electron chi connectivity index (χ3n) is 4.93. The number of non-ortho nitro benzene ring substituents is 1. The van der Waals surface area contributed by atoms with Crippen molar-refractivity contribution < 1.29 is 22.8 Å². The predicted octanol–water partition coefficient (Wildman–Crippen LogP) is 3.69. The number of nitro benzene ring substituents is 1. The molecular formula is C22H18N4O6S. The van der Waals surface area contributed by atoms with Gasteiger partial charge < -0.3 is 9.47 Å². The van der Waals surface area contributed by atoms with Crippen LogP contribution >= 0.6 is 0 Å². The summed E-state index contributed by atoms with van der Waals surface area (Å²) in [4.78, 5) is 10.2. The molecule has 0 bridgehead atoms. The fraction of sp³-hybridized carbons (Fsp3) is 0.0909. The van der Waals surface area contributed by atoms with Gasteiger partial charge in [-0.05, 0) is 30.3 Å². The van der Waals surface area contributed by atoms with Crippen LogP contribution in [-0.4, -0.2) is 42.6 Å². The van der Waals surface area contributed by atoms with Crippen LogP contribution in [0.5, 0.6) is 11.5 Å². The molecule has 0 radical (unpaired) electrons. The minimum atomic E-state index is -3.99. The minimum absolute atomic E-state index is 0.00195. The maximum Gasteiger partial charge on any atom is 0.269 e. The first kappa shape index (κ1) is 22.0. The number of ether oxygens (including phenoxy) is 2. The summed E-state index contributed by atoms with van der Waals surface area (Å²) in [5.74, 6) is 0.996. The van der Waals surface area contributed by atoms with Crippen LogP contribution in [0.4, 0.5) is 5.69 Å². The SMILES string of the molecule is COc1cccc(OC)c1-n1cc(-c2ccccc2S(=O)(=O)c2ccc([N+](=O)[O-])cc2)nn1. The van der Waals surface area contributed by atoms with Crippen molar-refractivity contribution in [2.24, 2.45) is 0 Å². The molecule has 0 fully saturated rings. The summed E-state index contributed by atoms with van der Waals surface area (Å²) in [7, 11) is -0.958. The summed E-state index contributed by atoms with van der Waals surface area (Å²) in [5.41, 5.74) is 0.952. The van der Waals surface area contributed by atoms with E-state index in [4.69, 9.17) is 9.47 Å². The zero-order valence-corrected chi connectivity index (χ0v) is 18.4. The molecule has 4 aromatic rings. The molecular weight excluding hydrogens is 448 g/mol. The number of rotatable bonds is 7. The summed E-state index contributed by atoms with van der Waals surface area (Å²) in [6.07, 6.45) is 1.57. The molecule has 1 aromatic heterocycles. The Morgan fingerprint density at radius 1 is 0.909 bits per heavy atom. The van der Waals surface area contributed by atoms with Crippen LogP contribution in [0.2, 0.25) is 0 Å². The molecule has 0 saturated heterocycles. The summed E-state index contributed by atoms with van der Waals surface area (Å²) in [6, 6.07) is 16.3. The maximum atomic E-state index is 13.3. The molecule has 33 heavy (non-hydrogen) atoms. The van der Waals surface area contributed by atoms with Gasteiger partial charge in [0.2, 0.25) is 9.84 Å². The lowest BCUT2D eigenvalue weighted by Gasteiger charge is -2.12. The summed E-state index contributed by atoms with van der Waals surface area (Å²) in [5, 5.41) is 19.2. The highest BCUT2D eigenvalue weighted by Gasteiger charge is 2.24. The number of nitro groups is 1. The Kier molecular flexibility index (Phi) is 5.80. The van der Waals surface area contributed by atoms with Gasteiger partial charge in [-0.15, -0.1) is 5.10 Å². The highest BCUT2D eigenvalue weighted by atomic mass is 32.2. The summed E-state index contributed by atoms with van der Waals surface area (Å²) >= 11 is 0. The second-order valence-corrected chi connectivity index (χ2v) is 8.73. The van der Waals surface area contributed by atoms with E-state index in [9.17, 15) is 18.5 Å². The van der Waals surface area contributed by atoms with Gasteiger partial charge in [-0.2, -0.15) is 0 Å². The van der Waals surface area contributed by atoms with E-state index in [1.807, 2.05) is 0 Å². The molecule has 0 aliphatic heterocycles. The predicted molar refractivity (Wildman–Crippen MR) is 118 cm³/mol. The lowest BCUT2D eigenvalue weighted by Crippen LogP contribution is -2.04. The molecule has 0 amide bonds. The minimum Gasteiger partial charge on any atom is -0.494 e. The average Bonchev–Trinajstić information content (AvgIpc) is 3.33. The molecule has 0 aliphatic rings. The quantitative estimate of drug-likeness (QED) is 0.298. The summed E-state index contributed by atoms with van der Waals surface area (Å²) < 4.78 is 38.9. The van der Waals surface area contributed by atoms with Crippen LogP contribution in [0.3, 0.4) is 0 Å². The highest BCUT2D eigenvalue weighted by molar-refractivity contribution is 7.91. The third kappa shape index (κ3) is 4.01. The average molecular weight is 466 g/mol. The van der Waals surface area contributed by atoms with Crippen molar-refractivity contribution in [3.63, 3.8) is 0 Å². The molecule has 0 unspecified atom stereocenters. The molecule has 0 spiro atoms. The van der Waals surface area contributed by atoms with Gasteiger partial charge >= 0.3 is 0 Å². The Morgan fingerprint density at radius 3 is 2.15 bits per heavy atom. The van der Waals surface area contributed by atoms with Crippen molar-refractivity contribution in [3.05, 3.63) is 83.0 Å². The van der Waals surface area contributed by atoms with Gasteiger partial charge in [-0.3, -0.25) is 10.1 Å². The van der Waals surface area contributed by atoms with Crippen molar-refractivity contribution >= 4 is 15.5 Å². The third-order valence-corrected chi connectivity index (χ3v) is 6.76. The molecule has 168 valence electrons. The highest BCUT2D eigenvalue weighted by Crippen LogP contribution is 2.34. The van der Waals surface area contributed by atoms with Crippen molar-refractivity contribution in [2.75, 3.05) is 14.2 Å². The van der Waals surface area contributed by atoms with E-state index in [0.717, 1.165) is 12.1 Å². The topological polar surface area (TPSA) is 126 Å². The van der Waals surface area contributed by atoms with Gasteiger partial charge in [0.25, 0.3) is 5.69 Å². The largest absolute Gasteiger partial charge is 0.494 e. The van der Waals surface area contributed by atoms with Crippen molar-refractivity contribution in [3.8, 4) is 28.4 Å². The number of hydrogen-bond donors (Lipinski definition) is 0. The van der Waals surface area contributed by atoms with Crippen LogP contribution in [-0.2, 0) is 9.84 Å². The molecule has 10 nitrogen and oxygen atoms in total. The molecule has 1 heterocycles. The second kappa shape index (κ2) is 8.71. The van der Waals surface area contributed by atoms with Gasteiger partial charge in [0.15, 0.2) is 5.69 Å². The van der Waals surface area contributed by atoms with E-state index in [0.29, 0.717) is 28.4 Å². The van der Waals surface area contributed by atoms with Crippen LogP contribution < -0.4 is 9.47 Å². The first-order valence-electron chi connectivity index (χ1n) is 9.59. The molecule has 4 rings (SSSR count). The lowest BCUT2D eigenvalue weighted by molar-refractivity contribution is -0.384. The van der Waals surface area contributed by atoms with E-state index in [2.05, 4.69) is 10.3 Å². The molecule has 0 N–H and O–H groups in total. The van der Waals surface area contributed by atoms with Gasteiger partial charge in [0.05, 0.1) is 35.1 Å². The standard InChI is InChI=1S/C22H18N4O6S/c1-31-19-7-5-8-20(32-2)22(19)25-14-18(23-24-25)17-6-3-4-9-21(17)33(29,30)16-12-10-15(11-13-16)26(27)28/h3-14H,1-2H3. The fourth-order valence-corrected chi connectivity index (χ4v) is 4.81. The number of benzene rings is 3. The number of hydrogen-bond acceptors (Lipinski definition) is 8. The van der Waals surface area contributed by atoms with Gasteiger partial charge in [-0.1, -0.05) is 29.5 Å². The number of methoxy groups -OCH3 is 2. The van der Waals surface area contributed by atoms with E-state index in [1.54, 1.807) is 42.6 Å². The van der Waals surface area contributed by atoms with Crippen molar-refractivity contribution in [1.82, 2.24) is 15.0 Å². The smallest absolute Gasteiger partial charge is 0.269 e. The number of nitrogens with zero attached hydrogens (tertiary/aromatic N) is 4. The van der Waals surface area contributed by atoms with E-state index in [1.165, 1.54) is 37.1 Å². The Balaban J connectivity index is 1.80. The van der Waals surface area contributed by atoms with Crippen molar-refractivity contribution in [1.29, 1.82) is 0 Å². The Labute approximate surface area is 189 Å². The molecule has 11 heteroatoms. The number of sulfone groups is 1.